The van der Waals surface area contributed by atoms with Crippen LogP contribution in [-0.4, -0.2) is 93.2 Å². The van der Waals surface area contributed by atoms with E-state index in [9.17, 15) is 18.0 Å². The fourth-order valence-electron chi connectivity index (χ4n) is 5.42. The molecule has 42 heavy (non-hydrogen) atoms. The number of guanidine groups is 1. The van der Waals surface area contributed by atoms with Gasteiger partial charge < -0.3 is 30.3 Å². The summed E-state index contributed by atoms with van der Waals surface area (Å²) in [5, 5.41) is 2.72. The molecule has 0 aliphatic carbocycles. The first-order valence-corrected chi connectivity index (χ1v) is 16.1. The second-order valence-corrected chi connectivity index (χ2v) is 13.7. The Morgan fingerprint density at radius 1 is 1.12 bits per heavy atom. The molecule has 2 aliphatic heterocycles. The van der Waals surface area contributed by atoms with Gasteiger partial charge in [0.25, 0.3) is 10.0 Å². The number of hydrogen-bond donors (Lipinski definition) is 3. The van der Waals surface area contributed by atoms with E-state index in [2.05, 4.69) is 26.9 Å². The van der Waals surface area contributed by atoms with Crippen LogP contribution in [0.25, 0.3) is 0 Å². The Hall–Kier alpha value is -3.06. The first kappa shape index (κ1) is 33.4. The number of benzene rings is 1. The number of nitrogens with zero attached hydrogens (tertiary/aromatic N) is 3. The summed E-state index contributed by atoms with van der Waals surface area (Å²) in [6.45, 7) is 18.5. The molecular formula is C29H48N6O6S. The minimum atomic E-state index is -4.00. The number of nitrogens with one attached hydrogen (secondary N) is 2. The average Bonchev–Trinajstić information content (AvgIpc) is 3.29. The average molecular weight is 609 g/mol. The maximum absolute atomic E-state index is 13.4. The van der Waals surface area contributed by atoms with Crippen molar-refractivity contribution in [3.63, 3.8) is 0 Å². The summed E-state index contributed by atoms with van der Waals surface area (Å²) in [7, 11) is -4.00. The number of nitrogens with two attached hydrogens (primary N) is 1. The lowest BCUT2D eigenvalue weighted by Crippen LogP contribution is -2.55. The van der Waals surface area contributed by atoms with Crippen LogP contribution in [0.3, 0.4) is 0 Å². The van der Waals surface area contributed by atoms with E-state index < -0.39 is 27.8 Å². The minimum absolute atomic E-state index is 0.0178. The Balaban J connectivity index is 1.66. The predicted octanol–water partition coefficient (Wildman–Crippen LogP) is 2.37. The lowest BCUT2D eigenvalue weighted by Gasteiger charge is -2.36. The first-order valence-electron chi connectivity index (χ1n) is 14.7. The number of sulfonamides is 1. The number of aliphatic imine (C=N–C) groups is 1. The summed E-state index contributed by atoms with van der Waals surface area (Å²) in [5.74, 6) is 0.343. The quantitative estimate of drug-likeness (QED) is 0.219. The number of hydrogen-bond acceptors (Lipinski definition) is 8. The zero-order valence-electron chi connectivity index (χ0n) is 26.3. The maximum Gasteiger partial charge on any atom is 0.408 e. The predicted molar refractivity (Wildman–Crippen MR) is 162 cm³/mol. The van der Waals surface area contributed by atoms with Gasteiger partial charge in [0.15, 0.2) is 0 Å². The number of amides is 2. The van der Waals surface area contributed by atoms with Crippen LogP contribution in [0.4, 0.5) is 4.79 Å². The molecule has 3 rings (SSSR count). The minimum Gasteiger partial charge on any atom is -0.490 e. The molecule has 0 bridgehead atoms. The van der Waals surface area contributed by atoms with Crippen LogP contribution in [0, 0.1) is 20.8 Å². The largest absolute Gasteiger partial charge is 0.490 e. The number of ether oxygens (including phenoxy) is 2. The van der Waals surface area contributed by atoms with Crippen molar-refractivity contribution in [2.45, 2.75) is 97.3 Å². The van der Waals surface area contributed by atoms with E-state index in [4.69, 9.17) is 15.2 Å². The third-order valence-corrected chi connectivity index (χ3v) is 9.31. The molecule has 1 aromatic carbocycles. The number of piperazine rings is 1. The second-order valence-electron chi connectivity index (χ2n) is 12.1. The number of carbonyl (C=O) groups is 2. The standard InChI is InChI=1S/C29H48N6O6S/c1-9-34-13-15-35(16-14-34)26(36)23(32-28(37)41-29(6,7)8)11-10-12-31-27(30)33-42(38,39)25-20(4)19(3)24-22(21(25)5)17-18(2)40-24/h18,23H,9-17H2,1-8H3,(H,32,37)(H3,30,31,33)/t18?,23-/m0/s1. The Labute approximate surface area is 250 Å². The lowest BCUT2D eigenvalue weighted by atomic mass is 9.97. The normalized spacial score (nSPS) is 18.7. The van der Waals surface area contributed by atoms with Crippen LogP contribution >= 0.6 is 0 Å². The molecule has 0 radical (unpaired) electrons. The Morgan fingerprint density at radius 2 is 1.76 bits per heavy atom. The van der Waals surface area contributed by atoms with Gasteiger partial charge in [0.2, 0.25) is 11.9 Å². The lowest BCUT2D eigenvalue weighted by molar-refractivity contribution is -0.135. The Bertz CT molecular complexity index is 1300. The van der Waals surface area contributed by atoms with Crippen molar-refractivity contribution in [1.82, 2.24) is 19.8 Å². The third-order valence-electron chi connectivity index (χ3n) is 7.68. The highest BCUT2D eigenvalue weighted by Gasteiger charge is 2.32. The highest BCUT2D eigenvalue weighted by Crippen LogP contribution is 2.40. The third kappa shape index (κ3) is 8.27. The van der Waals surface area contributed by atoms with Gasteiger partial charge in [-0.2, -0.15) is 0 Å². The van der Waals surface area contributed by atoms with Gasteiger partial charge in [-0.1, -0.05) is 6.92 Å². The van der Waals surface area contributed by atoms with Crippen LogP contribution in [-0.2, 0) is 26.0 Å². The number of carbonyl (C=O) groups excluding carboxylic acids is 2. The number of rotatable bonds is 9. The van der Waals surface area contributed by atoms with Crippen molar-refractivity contribution in [3.8, 4) is 5.75 Å². The van der Waals surface area contributed by atoms with Crippen LogP contribution in [0.5, 0.6) is 5.75 Å². The van der Waals surface area contributed by atoms with Crippen LogP contribution in [0.2, 0.25) is 0 Å². The van der Waals surface area contributed by atoms with Crippen molar-refractivity contribution >= 4 is 28.0 Å². The fourth-order valence-corrected chi connectivity index (χ4v) is 6.95. The number of alkyl carbamates (subject to hydrolysis) is 1. The molecule has 0 saturated carbocycles. The van der Waals surface area contributed by atoms with Gasteiger partial charge in [-0.25, -0.2) is 17.9 Å². The van der Waals surface area contributed by atoms with Gasteiger partial charge in [0.05, 0.1) is 4.90 Å². The smallest absolute Gasteiger partial charge is 0.408 e. The SMILES string of the molecule is CCN1CCN(C(=O)[C@H](CCCN=C(N)NS(=O)(=O)c2c(C)c(C)c3c(c2C)CC(C)O3)NC(=O)OC(C)(C)C)CC1. The molecule has 0 aromatic heterocycles. The van der Waals surface area contributed by atoms with Crippen molar-refractivity contribution in [3.05, 3.63) is 22.3 Å². The summed E-state index contributed by atoms with van der Waals surface area (Å²) in [5.41, 5.74) is 8.23. The molecule has 2 amide bonds. The maximum atomic E-state index is 13.4. The highest BCUT2D eigenvalue weighted by molar-refractivity contribution is 7.90. The summed E-state index contributed by atoms with van der Waals surface area (Å²) >= 11 is 0. The van der Waals surface area contributed by atoms with Gasteiger partial charge in [-0.15, -0.1) is 0 Å². The van der Waals surface area contributed by atoms with E-state index in [0.717, 1.165) is 36.5 Å². The molecule has 2 atom stereocenters. The first-order chi connectivity index (χ1) is 19.5. The van der Waals surface area contributed by atoms with Gasteiger partial charge in [-0.05, 0) is 84.5 Å². The fraction of sp³-hybridized carbons (Fsp3) is 0.690. The monoisotopic (exact) mass is 608 g/mol. The summed E-state index contributed by atoms with van der Waals surface area (Å²) in [6, 6.07) is -0.801. The summed E-state index contributed by atoms with van der Waals surface area (Å²) < 4.78 is 40.5. The molecule has 13 heteroatoms. The van der Waals surface area contributed by atoms with E-state index in [1.807, 2.05) is 13.8 Å². The van der Waals surface area contributed by atoms with Gasteiger partial charge in [0, 0.05) is 44.7 Å². The van der Waals surface area contributed by atoms with Crippen molar-refractivity contribution in [2.24, 2.45) is 10.7 Å². The van der Waals surface area contributed by atoms with Crippen molar-refractivity contribution < 1.29 is 27.5 Å². The van der Waals surface area contributed by atoms with Crippen LogP contribution < -0.4 is 20.5 Å². The van der Waals surface area contributed by atoms with Crippen molar-refractivity contribution in [2.75, 3.05) is 39.3 Å². The highest BCUT2D eigenvalue weighted by atomic mass is 32.2. The molecule has 12 nitrogen and oxygen atoms in total. The van der Waals surface area contributed by atoms with E-state index in [1.54, 1.807) is 39.5 Å². The second kappa shape index (κ2) is 13.5. The molecule has 236 valence electrons. The summed E-state index contributed by atoms with van der Waals surface area (Å²) in [6.07, 6.45) is 0.625. The molecule has 4 N–H and O–H groups in total. The van der Waals surface area contributed by atoms with Crippen LogP contribution in [0.15, 0.2) is 9.89 Å². The zero-order chi connectivity index (χ0) is 31.4. The van der Waals surface area contributed by atoms with E-state index in [0.29, 0.717) is 37.1 Å². The molecule has 0 spiro atoms. The van der Waals surface area contributed by atoms with E-state index in [1.165, 1.54) is 0 Å². The van der Waals surface area contributed by atoms with E-state index in [-0.39, 0.29) is 35.8 Å². The van der Waals surface area contributed by atoms with Crippen molar-refractivity contribution in [1.29, 1.82) is 0 Å². The number of likely N-dealkylation sites (N-methyl/N-ethyl adjacent to an activating group) is 1. The zero-order valence-corrected chi connectivity index (χ0v) is 27.1. The van der Waals surface area contributed by atoms with Gasteiger partial charge in [0.1, 0.15) is 23.5 Å². The topological polar surface area (TPSA) is 156 Å². The Kier molecular flexibility index (Phi) is 10.7. The van der Waals surface area contributed by atoms with Gasteiger partial charge in [-0.3, -0.25) is 9.79 Å². The summed E-state index contributed by atoms with van der Waals surface area (Å²) in [4.78, 5) is 34.3. The molecule has 1 unspecified atom stereocenters. The molecule has 1 fully saturated rings. The van der Waals surface area contributed by atoms with Crippen LogP contribution in [0.1, 0.15) is 69.7 Å². The number of fused-ring (bicyclic) bond motifs is 1. The molecule has 2 heterocycles. The van der Waals surface area contributed by atoms with Gasteiger partial charge >= 0.3 is 6.09 Å². The molecule has 2 aliphatic rings. The van der Waals surface area contributed by atoms with E-state index >= 15 is 0 Å². The molecule has 1 saturated heterocycles. The molecular weight excluding hydrogens is 560 g/mol. The molecule has 1 aromatic rings. The Morgan fingerprint density at radius 3 is 2.36 bits per heavy atom.